The largest absolute Gasteiger partial charge is 0.377 e. The lowest BCUT2D eigenvalue weighted by atomic mass is 9.93. The topological polar surface area (TPSA) is 217 Å². The van der Waals surface area contributed by atoms with Gasteiger partial charge in [-0.25, -0.2) is 4.79 Å². The van der Waals surface area contributed by atoms with Crippen LogP contribution in [0.1, 0.15) is 90.0 Å². The number of nitrogens with two attached hydrogens (primary N) is 1. The second-order valence-corrected chi connectivity index (χ2v) is 14.7. The van der Waals surface area contributed by atoms with Crippen molar-refractivity contribution in [2.24, 2.45) is 5.73 Å². The molecule has 1 heterocycles. The minimum atomic E-state index is -0.380. The lowest BCUT2D eigenvalue weighted by molar-refractivity contribution is -0.385. The van der Waals surface area contributed by atoms with Gasteiger partial charge < -0.3 is 21.4 Å². The SMILES string of the molecule is Cc1ccccc1[N+](=O)[O-].NC1CCC1.O=[N+]([O-])c1ccccc1NC1CCC1.O=[N+]([O-])c1ccccc1NC1CCC1.O=c1[nH]c2ccccc2n1C1CCC1.[2H]CI. The van der Waals surface area contributed by atoms with Gasteiger partial charge in [0.1, 0.15) is 11.4 Å². The number of nitro benzene ring substituents is 3. The summed E-state index contributed by atoms with van der Waals surface area (Å²) in [6.45, 7) is 1.72. The van der Waals surface area contributed by atoms with Gasteiger partial charge in [-0.05, 0) is 107 Å². The Hall–Kier alpha value is -5.36. The van der Waals surface area contributed by atoms with Gasteiger partial charge >= 0.3 is 5.69 Å². The second kappa shape index (κ2) is 23.9. The maximum Gasteiger partial charge on any atom is 0.326 e. The number of halogens is 1. The number of rotatable bonds is 8. The van der Waals surface area contributed by atoms with Gasteiger partial charge in [0.05, 0.1) is 25.8 Å². The Bertz CT molecular complexity index is 2120. The minimum Gasteiger partial charge on any atom is -0.377 e. The molecule has 0 saturated heterocycles. The first-order valence-electron chi connectivity index (χ1n) is 20.6. The number of benzene rings is 4. The first kappa shape index (κ1) is 44.7. The Morgan fingerprint density at radius 2 is 1.05 bits per heavy atom. The number of hydrogen-bond donors (Lipinski definition) is 4. The number of fused-ring (bicyclic) bond motifs is 1. The maximum absolute atomic E-state index is 11.7. The van der Waals surface area contributed by atoms with E-state index in [1.54, 1.807) is 49.4 Å². The molecule has 16 heteroatoms. The van der Waals surface area contributed by atoms with Crippen LogP contribution in [-0.2, 0) is 0 Å². The highest BCUT2D eigenvalue weighted by molar-refractivity contribution is 14.1. The number of H-pyrrole nitrogens is 1. The zero-order valence-corrected chi connectivity index (χ0v) is 35.5. The van der Waals surface area contributed by atoms with Crippen LogP contribution in [0.5, 0.6) is 0 Å². The lowest BCUT2D eigenvalue weighted by Crippen LogP contribution is -2.27. The summed E-state index contributed by atoms with van der Waals surface area (Å²) < 4.78 is 8.10. The third-order valence-electron chi connectivity index (χ3n) is 10.7. The summed E-state index contributed by atoms with van der Waals surface area (Å²) in [5, 5.41) is 38.0. The van der Waals surface area contributed by atoms with Crippen LogP contribution in [0.4, 0.5) is 28.4 Å². The Labute approximate surface area is 359 Å². The first-order valence-corrected chi connectivity index (χ1v) is 21.5. The highest BCUT2D eigenvalue weighted by atomic mass is 127. The van der Waals surface area contributed by atoms with Crippen LogP contribution in [0.3, 0.4) is 0 Å². The van der Waals surface area contributed by atoms with E-state index in [9.17, 15) is 35.1 Å². The number of imidazole rings is 1. The molecule has 4 aromatic carbocycles. The Balaban J connectivity index is 0.000000167. The van der Waals surface area contributed by atoms with Gasteiger partial charge in [-0.1, -0.05) is 83.6 Å². The van der Waals surface area contributed by atoms with E-state index in [1.165, 1.54) is 56.7 Å². The fourth-order valence-electron chi connectivity index (χ4n) is 6.34. The second-order valence-electron chi connectivity index (χ2n) is 14.7. The average Bonchev–Trinajstić information content (AvgIpc) is 3.49. The fraction of sp³-hybridized carbons (Fsp3) is 0.419. The predicted octanol–water partition coefficient (Wildman–Crippen LogP) is 10.6. The molecule has 0 spiro atoms. The van der Waals surface area contributed by atoms with E-state index in [1.807, 2.05) is 63.6 Å². The summed E-state index contributed by atoms with van der Waals surface area (Å²) in [7, 11) is 0. The van der Waals surface area contributed by atoms with Crippen molar-refractivity contribution >= 4 is 62.1 Å². The van der Waals surface area contributed by atoms with Crippen molar-refractivity contribution in [1.82, 2.24) is 9.55 Å². The normalized spacial score (nSPS) is 15.7. The molecule has 0 unspecified atom stereocenters. The minimum absolute atomic E-state index is 0.0379. The highest BCUT2D eigenvalue weighted by Crippen LogP contribution is 2.33. The van der Waals surface area contributed by atoms with Gasteiger partial charge in [0.2, 0.25) is 0 Å². The third kappa shape index (κ3) is 13.9. The van der Waals surface area contributed by atoms with Crippen LogP contribution in [-0.4, -0.2) is 47.4 Å². The van der Waals surface area contributed by atoms with E-state index >= 15 is 0 Å². The van der Waals surface area contributed by atoms with Crippen LogP contribution in [0.2, 0.25) is 0 Å². The molecule has 0 amide bonds. The molecule has 5 aromatic rings. The van der Waals surface area contributed by atoms with Crippen LogP contribution in [0, 0.1) is 37.3 Å². The van der Waals surface area contributed by atoms with Gasteiger partial charge in [-0.3, -0.25) is 34.9 Å². The Morgan fingerprint density at radius 1 is 0.661 bits per heavy atom. The molecule has 4 saturated carbocycles. The van der Waals surface area contributed by atoms with E-state index in [0.29, 0.717) is 46.0 Å². The number of nitrogens with zero attached hydrogens (tertiary/aromatic N) is 4. The highest BCUT2D eigenvalue weighted by Gasteiger charge is 2.24. The van der Waals surface area contributed by atoms with Gasteiger partial charge in [-0.15, -0.1) is 0 Å². The average molecular weight is 924 g/mol. The zero-order chi connectivity index (χ0) is 43.4. The van der Waals surface area contributed by atoms with Crippen LogP contribution in [0.25, 0.3) is 11.0 Å². The fourth-order valence-corrected chi connectivity index (χ4v) is 6.34. The summed E-state index contributed by atoms with van der Waals surface area (Å²) in [6, 6.07) is 30.0. The van der Waals surface area contributed by atoms with Gasteiger partial charge in [0.15, 0.2) is 0 Å². The van der Waals surface area contributed by atoms with E-state index in [2.05, 4.69) is 15.6 Å². The predicted molar refractivity (Wildman–Crippen MR) is 244 cm³/mol. The molecule has 316 valence electrons. The van der Waals surface area contributed by atoms with Crippen LogP contribution in [0.15, 0.2) is 102 Å². The molecule has 0 atom stereocenters. The molecule has 15 nitrogen and oxygen atoms in total. The number of anilines is 2. The summed E-state index contributed by atoms with van der Waals surface area (Å²) in [5.41, 5.74) is 9.91. The summed E-state index contributed by atoms with van der Waals surface area (Å²) in [6.07, 6.45) is 14.3. The van der Waals surface area contributed by atoms with Gasteiger partial charge in [0.25, 0.3) is 17.1 Å². The molecule has 4 aliphatic carbocycles. The smallest absolute Gasteiger partial charge is 0.326 e. The van der Waals surface area contributed by atoms with Gasteiger partial charge in [0, 0.05) is 49.3 Å². The van der Waals surface area contributed by atoms with Crippen molar-refractivity contribution in [3.8, 4) is 0 Å². The van der Waals surface area contributed by atoms with E-state index < -0.39 is 0 Å². The molecule has 0 radical (unpaired) electrons. The maximum atomic E-state index is 11.7. The molecule has 0 bridgehead atoms. The number of hydrogen-bond acceptors (Lipinski definition) is 10. The quantitative estimate of drug-likeness (QED) is 0.0499. The zero-order valence-electron chi connectivity index (χ0n) is 34.3. The number of alkyl halides is 1. The monoisotopic (exact) mass is 923 g/mol. The number of aromatic amines is 1. The Kier molecular flexibility index (Phi) is 18.1. The van der Waals surface area contributed by atoms with Crippen molar-refractivity contribution in [1.29, 1.82) is 0 Å². The number of para-hydroxylation sites is 7. The number of aromatic nitrogens is 2. The van der Waals surface area contributed by atoms with Gasteiger partial charge in [-0.2, -0.15) is 0 Å². The van der Waals surface area contributed by atoms with Crippen molar-refractivity contribution in [2.75, 3.05) is 15.5 Å². The Morgan fingerprint density at radius 3 is 1.41 bits per heavy atom. The van der Waals surface area contributed by atoms with Crippen LogP contribution >= 0.6 is 22.6 Å². The molecule has 4 fully saturated rings. The molecule has 1 aromatic heterocycles. The van der Waals surface area contributed by atoms with Crippen molar-refractivity contribution < 1.29 is 16.1 Å². The first-order chi connectivity index (χ1) is 28.9. The number of nitro groups is 3. The number of nitrogens with one attached hydrogen (secondary N) is 3. The molecule has 4 aliphatic rings. The van der Waals surface area contributed by atoms with E-state index in [0.717, 1.165) is 49.6 Å². The molecule has 5 N–H and O–H groups in total. The third-order valence-corrected chi connectivity index (χ3v) is 10.7. The van der Waals surface area contributed by atoms with E-state index in [-0.39, 0.29) is 37.5 Å². The standard InChI is InChI=1S/C11H12N2O.2C10H12N2O2.C7H7NO2.C4H9N.CH3I/c14-11-12-9-6-1-2-7-10(9)13(11)8-4-3-5-8;2*13-12(14)10-7-2-1-6-9(10)11-8-4-3-5-8;1-6-4-2-3-5-7(6)8(9)10;5-4-2-1-3-4;1-2/h1-2,6-8H,3-5H2,(H,12,14);2*1-2,6-8,11H,3-5H2;2-5H,1H3;4H,1-3,5H2;1H3/i;;;;;1D. The van der Waals surface area contributed by atoms with Crippen molar-refractivity contribution in [2.45, 2.75) is 108 Å². The molecular weight excluding hydrogens is 867 g/mol. The molecular formula is C43H55IN8O7. The summed E-state index contributed by atoms with van der Waals surface area (Å²) in [5.74, 6) is 0. The van der Waals surface area contributed by atoms with Crippen molar-refractivity contribution in [3.05, 3.63) is 143 Å². The lowest BCUT2D eigenvalue weighted by Gasteiger charge is -2.27. The van der Waals surface area contributed by atoms with Crippen LogP contribution < -0.4 is 22.1 Å². The molecule has 9 rings (SSSR count). The summed E-state index contributed by atoms with van der Waals surface area (Å²) >= 11 is 1.96. The number of aryl methyl sites for hydroxylation is 1. The summed E-state index contributed by atoms with van der Waals surface area (Å²) in [4.78, 5) is 45.5. The van der Waals surface area contributed by atoms with Crippen molar-refractivity contribution in [3.63, 3.8) is 0 Å². The molecule has 0 aliphatic heterocycles. The molecule has 59 heavy (non-hydrogen) atoms. The van der Waals surface area contributed by atoms with E-state index in [4.69, 9.17) is 7.10 Å².